The smallest absolute Gasteiger partial charge is 0.162 e. The van der Waals surface area contributed by atoms with Gasteiger partial charge in [0, 0.05) is 38.4 Å². The Balaban J connectivity index is 1.07. The molecule has 0 aliphatic carbocycles. The topological polar surface area (TPSA) is 51.8 Å². The summed E-state index contributed by atoms with van der Waals surface area (Å²) in [5, 5.41) is 8.09. The summed E-state index contributed by atoms with van der Waals surface area (Å²) in [4.78, 5) is 15.5. The molecule has 0 saturated heterocycles. The fourth-order valence-electron chi connectivity index (χ4n) is 8.01. The summed E-state index contributed by atoms with van der Waals surface area (Å²) in [6, 6.07) is 65.6. The summed E-state index contributed by atoms with van der Waals surface area (Å²) < 4.78 is 6.62. The zero-order chi connectivity index (χ0) is 36.3. The number of para-hydroxylation sites is 1. The van der Waals surface area contributed by atoms with E-state index in [9.17, 15) is 0 Å². The van der Waals surface area contributed by atoms with Gasteiger partial charge in [-0.05, 0) is 69.1 Å². The van der Waals surface area contributed by atoms with E-state index < -0.39 is 0 Å². The number of furan rings is 1. The molecule has 55 heavy (non-hydrogen) atoms. The predicted molar refractivity (Wildman–Crippen MR) is 227 cm³/mol. The van der Waals surface area contributed by atoms with Gasteiger partial charge < -0.3 is 4.42 Å². The molecule has 256 valence electrons. The number of fused-ring (bicyclic) bond motifs is 8. The van der Waals surface area contributed by atoms with E-state index in [1.807, 2.05) is 48.5 Å². The van der Waals surface area contributed by atoms with Crippen LogP contribution in [0.3, 0.4) is 0 Å². The molecule has 0 aliphatic heterocycles. The van der Waals surface area contributed by atoms with Crippen molar-refractivity contribution in [2.75, 3.05) is 0 Å². The van der Waals surface area contributed by atoms with Crippen molar-refractivity contribution < 1.29 is 4.42 Å². The Morgan fingerprint density at radius 2 is 0.945 bits per heavy atom. The molecule has 0 aliphatic rings. The van der Waals surface area contributed by atoms with Crippen molar-refractivity contribution in [1.29, 1.82) is 0 Å². The fraction of sp³-hybridized carbons (Fsp3) is 0. The summed E-state index contributed by atoms with van der Waals surface area (Å²) in [6.45, 7) is 0. The van der Waals surface area contributed by atoms with Crippen LogP contribution >= 0.6 is 0 Å². The molecule has 8 aromatic carbocycles. The van der Waals surface area contributed by atoms with Crippen LogP contribution in [0, 0.1) is 0 Å². The summed E-state index contributed by atoms with van der Waals surface area (Å²) in [5.74, 6) is 0.652. The molecule has 0 N–H and O–H groups in total. The number of pyridine rings is 1. The number of hydrogen-bond donors (Lipinski definition) is 0. The third kappa shape index (κ3) is 5.26. The van der Waals surface area contributed by atoms with Crippen molar-refractivity contribution >= 4 is 54.4 Å². The first kappa shape index (κ1) is 31.1. The zero-order valence-electron chi connectivity index (χ0n) is 29.6. The molecule has 0 unspecified atom stereocenters. The monoisotopic (exact) mass is 701 g/mol. The van der Waals surface area contributed by atoms with Gasteiger partial charge in [-0.15, -0.1) is 0 Å². The van der Waals surface area contributed by atoms with Gasteiger partial charge in [0.15, 0.2) is 11.4 Å². The Hall–Kier alpha value is -7.43. The van der Waals surface area contributed by atoms with Crippen molar-refractivity contribution in [3.8, 4) is 56.3 Å². The van der Waals surface area contributed by atoms with Gasteiger partial charge in [0.05, 0.1) is 16.9 Å². The van der Waals surface area contributed by atoms with E-state index in [4.69, 9.17) is 19.4 Å². The van der Waals surface area contributed by atoms with Crippen molar-refractivity contribution in [3.63, 3.8) is 0 Å². The van der Waals surface area contributed by atoms with Crippen LogP contribution in [-0.2, 0) is 0 Å². The van der Waals surface area contributed by atoms with Crippen LogP contribution in [0.5, 0.6) is 0 Å². The molecule has 0 saturated carbocycles. The van der Waals surface area contributed by atoms with Crippen molar-refractivity contribution in [3.05, 3.63) is 188 Å². The molecule has 0 radical (unpaired) electrons. The van der Waals surface area contributed by atoms with Gasteiger partial charge in [-0.1, -0.05) is 152 Å². The first-order valence-corrected chi connectivity index (χ1v) is 18.5. The number of aromatic nitrogens is 3. The number of hydrogen-bond acceptors (Lipinski definition) is 4. The third-order valence-corrected chi connectivity index (χ3v) is 10.7. The first-order chi connectivity index (χ1) is 27.2. The average molecular weight is 702 g/mol. The van der Waals surface area contributed by atoms with E-state index in [0.717, 1.165) is 77.7 Å². The van der Waals surface area contributed by atoms with Gasteiger partial charge in [0.1, 0.15) is 11.3 Å². The predicted octanol–water partition coefficient (Wildman–Crippen LogP) is 13.6. The molecule has 0 bridgehead atoms. The Bertz CT molecular complexity index is 3240. The highest BCUT2D eigenvalue weighted by Crippen LogP contribution is 2.41. The molecular formula is C51H31N3O. The molecule has 0 spiro atoms. The molecule has 4 nitrogen and oxygen atoms in total. The van der Waals surface area contributed by atoms with Gasteiger partial charge in [-0.25, -0.2) is 15.0 Å². The zero-order valence-corrected chi connectivity index (χ0v) is 29.6. The number of rotatable bonds is 5. The summed E-state index contributed by atoms with van der Waals surface area (Å²) in [6.07, 6.45) is 0. The van der Waals surface area contributed by atoms with E-state index in [1.165, 1.54) is 27.1 Å². The maximum Gasteiger partial charge on any atom is 0.162 e. The molecule has 0 fully saturated rings. The quantitative estimate of drug-likeness (QED) is 0.168. The van der Waals surface area contributed by atoms with Crippen LogP contribution in [0.25, 0.3) is 111 Å². The Labute approximate surface area is 317 Å². The normalized spacial score (nSPS) is 11.6. The molecule has 11 rings (SSSR count). The largest absolute Gasteiger partial charge is 0.454 e. The van der Waals surface area contributed by atoms with Crippen LogP contribution in [0.4, 0.5) is 0 Å². The lowest BCUT2D eigenvalue weighted by Crippen LogP contribution is -1.96. The fourth-order valence-corrected chi connectivity index (χ4v) is 8.01. The van der Waals surface area contributed by atoms with Crippen molar-refractivity contribution in [2.45, 2.75) is 0 Å². The second kappa shape index (κ2) is 12.6. The molecular weight excluding hydrogens is 671 g/mol. The van der Waals surface area contributed by atoms with Gasteiger partial charge in [0.2, 0.25) is 0 Å². The third-order valence-electron chi connectivity index (χ3n) is 10.7. The van der Waals surface area contributed by atoms with Gasteiger partial charge in [-0.3, -0.25) is 0 Å². The first-order valence-electron chi connectivity index (χ1n) is 18.5. The highest BCUT2D eigenvalue weighted by atomic mass is 16.3. The Morgan fingerprint density at radius 3 is 1.71 bits per heavy atom. The van der Waals surface area contributed by atoms with E-state index in [1.54, 1.807) is 0 Å². The molecule has 3 aromatic heterocycles. The molecule has 0 atom stereocenters. The number of nitrogens with zero attached hydrogens (tertiary/aromatic N) is 3. The minimum atomic E-state index is 0.652. The lowest BCUT2D eigenvalue weighted by atomic mass is 9.93. The van der Waals surface area contributed by atoms with E-state index in [-0.39, 0.29) is 0 Å². The van der Waals surface area contributed by atoms with Crippen molar-refractivity contribution in [2.24, 2.45) is 0 Å². The molecule has 4 heteroatoms. The molecule has 11 aromatic rings. The van der Waals surface area contributed by atoms with Crippen LogP contribution in [0.1, 0.15) is 0 Å². The maximum absolute atomic E-state index is 6.62. The summed E-state index contributed by atoms with van der Waals surface area (Å²) >= 11 is 0. The highest BCUT2D eigenvalue weighted by Gasteiger charge is 2.19. The maximum atomic E-state index is 6.62. The van der Waals surface area contributed by atoms with Gasteiger partial charge >= 0.3 is 0 Å². The van der Waals surface area contributed by atoms with Crippen molar-refractivity contribution in [1.82, 2.24) is 15.0 Å². The molecule has 0 amide bonds. The molecule has 3 heterocycles. The summed E-state index contributed by atoms with van der Waals surface area (Å²) in [7, 11) is 0. The van der Waals surface area contributed by atoms with E-state index in [2.05, 4.69) is 140 Å². The van der Waals surface area contributed by atoms with Crippen LogP contribution in [0.15, 0.2) is 192 Å². The highest BCUT2D eigenvalue weighted by molar-refractivity contribution is 6.21. The standard InChI is InChI=1S/C51H31N3O/c1-3-13-33(14-4-1)45-31-46(34-25-23-32(24-26-34)42-29-36-17-7-8-18-38(36)39-19-9-10-20-40(39)42)54-51(53-45)37-27-28-47-43(30-37)48-41-21-11-12-22-44(41)52-49(50(48)55-47)35-15-5-2-6-16-35/h1-31H. The van der Waals surface area contributed by atoms with Gasteiger partial charge in [0.25, 0.3) is 0 Å². The van der Waals surface area contributed by atoms with Gasteiger partial charge in [-0.2, -0.15) is 0 Å². The van der Waals surface area contributed by atoms with E-state index in [0.29, 0.717) is 5.82 Å². The van der Waals surface area contributed by atoms with E-state index >= 15 is 0 Å². The van der Waals surface area contributed by atoms with Crippen LogP contribution in [0.2, 0.25) is 0 Å². The Morgan fingerprint density at radius 1 is 0.364 bits per heavy atom. The van der Waals surface area contributed by atoms with Crippen LogP contribution in [-0.4, -0.2) is 15.0 Å². The SMILES string of the molecule is c1ccc(-c2cc(-c3ccc(-c4cc5ccccc5c5ccccc45)cc3)nc(-c3ccc4oc5c(-c6ccccc6)nc6ccccc6c5c4c3)n2)cc1. The van der Waals surface area contributed by atoms with Crippen LogP contribution < -0.4 is 0 Å². The lowest BCUT2D eigenvalue weighted by molar-refractivity contribution is 0.669. The summed E-state index contributed by atoms with van der Waals surface area (Å²) in [5.41, 5.74) is 11.4. The lowest BCUT2D eigenvalue weighted by Gasteiger charge is -2.12. The minimum absolute atomic E-state index is 0.652. The number of benzene rings is 8. The minimum Gasteiger partial charge on any atom is -0.454 e. The average Bonchev–Trinajstić information content (AvgIpc) is 3.66. The second-order valence-corrected chi connectivity index (χ2v) is 14.0. The second-order valence-electron chi connectivity index (χ2n) is 14.0. The Kier molecular flexibility index (Phi) is 7.14.